The summed E-state index contributed by atoms with van der Waals surface area (Å²) in [4.78, 5) is 0. The van der Waals surface area contributed by atoms with Crippen molar-refractivity contribution in [2.75, 3.05) is 6.54 Å². The summed E-state index contributed by atoms with van der Waals surface area (Å²) in [6.45, 7) is 2.56. The molecule has 0 amide bonds. The van der Waals surface area contributed by atoms with Gasteiger partial charge in [0.05, 0.1) is 12.1 Å². The maximum atomic E-state index is 13.0. The van der Waals surface area contributed by atoms with E-state index in [1.54, 1.807) is 6.07 Å². The predicted octanol–water partition coefficient (Wildman–Crippen LogP) is 3.02. The zero-order chi connectivity index (χ0) is 14.4. The fourth-order valence-electron chi connectivity index (χ4n) is 1.82. The van der Waals surface area contributed by atoms with Gasteiger partial charge in [0.15, 0.2) is 0 Å². The number of halogens is 1. The van der Waals surface area contributed by atoms with Crippen LogP contribution in [0.4, 0.5) is 4.39 Å². The van der Waals surface area contributed by atoms with Gasteiger partial charge in [-0.1, -0.05) is 30.0 Å². The SMILES string of the molecule is Cc1cc(F)ccc1COc1ccccc1C#CCN. The van der Waals surface area contributed by atoms with E-state index in [1.165, 1.54) is 12.1 Å². The molecule has 0 aliphatic carbocycles. The van der Waals surface area contributed by atoms with Crippen LogP contribution < -0.4 is 10.5 Å². The molecule has 0 saturated heterocycles. The van der Waals surface area contributed by atoms with Gasteiger partial charge in [-0.3, -0.25) is 0 Å². The molecule has 2 aromatic carbocycles. The summed E-state index contributed by atoms with van der Waals surface area (Å²) in [5.74, 6) is 6.25. The first-order chi connectivity index (χ1) is 9.70. The molecule has 0 aliphatic rings. The van der Waals surface area contributed by atoms with Crippen LogP contribution in [-0.4, -0.2) is 6.54 Å². The highest BCUT2D eigenvalue weighted by Gasteiger charge is 2.04. The molecule has 2 N–H and O–H groups in total. The van der Waals surface area contributed by atoms with Crippen molar-refractivity contribution in [3.8, 4) is 17.6 Å². The molecule has 0 heterocycles. The van der Waals surface area contributed by atoms with Crippen LogP contribution in [-0.2, 0) is 6.61 Å². The Kier molecular flexibility index (Phi) is 4.75. The van der Waals surface area contributed by atoms with Crippen molar-refractivity contribution in [3.63, 3.8) is 0 Å². The van der Waals surface area contributed by atoms with Crippen LogP contribution in [0, 0.1) is 24.6 Å². The molecule has 0 atom stereocenters. The number of nitrogens with two attached hydrogens (primary N) is 1. The molecule has 0 bridgehead atoms. The number of hydrogen-bond donors (Lipinski definition) is 1. The van der Waals surface area contributed by atoms with E-state index in [4.69, 9.17) is 10.5 Å². The lowest BCUT2D eigenvalue weighted by Gasteiger charge is -2.10. The topological polar surface area (TPSA) is 35.2 Å². The third-order valence-electron chi connectivity index (χ3n) is 2.90. The lowest BCUT2D eigenvalue weighted by Crippen LogP contribution is -2.00. The maximum Gasteiger partial charge on any atom is 0.135 e. The average molecular weight is 269 g/mol. The van der Waals surface area contributed by atoms with Crippen LogP contribution in [0.5, 0.6) is 5.75 Å². The van der Waals surface area contributed by atoms with E-state index in [0.29, 0.717) is 18.9 Å². The van der Waals surface area contributed by atoms with E-state index < -0.39 is 0 Å². The molecule has 0 fully saturated rings. The molecular weight excluding hydrogens is 253 g/mol. The second kappa shape index (κ2) is 6.74. The summed E-state index contributed by atoms with van der Waals surface area (Å²) in [5, 5.41) is 0. The summed E-state index contributed by atoms with van der Waals surface area (Å²) in [6, 6.07) is 12.2. The minimum atomic E-state index is -0.236. The molecule has 102 valence electrons. The Bertz CT molecular complexity index is 656. The number of para-hydroxylation sites is 1. The van der Waals surface area contributed by atoms with Gasteiger partial charge in [0.2, 0.25) is 0 Å². The summed E-state index contributed by atoms with van der Waals surface area (Å²) in [7, 11) is 0. The molecule has 3 heteroatoms. The van der Waals surface area contributed by atoms with E-state index in [9.17, 15) is 4.39 Å². The first kappa shape index (κ1) is 14.1. The van der Waals surface area contributed by atoms with E-state index >= 15 is 0 Å². The fourth-order valence-corrected chi connectivity index (χ4v) is 1.82. The van der Waals surface area contributed by atoms with Crippen LogP contribution in [0.3, 0.4) is 0 Å². The van der Waals surface area contributed by atoms with Gasteiger partial charge < -0.3 is 10.5 Å². The van der Waals surface area contributed by atoms with E-state index in [2.05, 4.69) is 11.8 Å². The predicted molar refractivity (Wildman–Crippen MR) is 77.8 cm³/mol. The van der Waals surface area contributed by atoms with Crippen molar-refractivity contribution in [2.45, 2.75) is 13.5 Å². The van der Waals surface area contributed by atoms with Gasteiger partial charge in [-0.15, -0.1) is 0 Å². The second-order valence-corrected chi connectivity index (χ2v) is 4.36. The molecule has 0 aromatic heterocycles. The molecule has 20 heavy (non-hydrogen) atoms. The van der Waals surface area contributed by atoms with Gasteiger partial charge in [0.25, 0.3) is 0 Å². The highest BCUT2D eigenvalue weighted by molar-refractivity contribution is 5.46. The van der Waals surface area contributed by atoms with Gasteiger partial charge in [0, 0.05) is 0 Å². The number of ether oxygens (including phenoxy) is 1. The van der Waals surface area contributed by atoms with Crippen molar-refractivity contribution in [3.05, 3.63) is 65.0 Å². The van der Waals surface area contributed by atoms with Crippen LogP contribution in [0.1, 0.15) is 16.7 Å². The molecule has 0 unspecified atom stereocenters. The van der Waals surface area contributed by atoms with Gasteiger partial charge in [-0.05, 0) is 42.3 Å². The van der Waals surface area contributed by atoms with Crippen molar-refractivity contribution >= 4 is 0 Å². The summed E-state index contributed by atoms with van der Waals surface area (Å²) in [6.07, 6.45) is 0. The Morgan fingerprint density at radius 1 is 1.20 bits per heavy atom. The second-order valence-electron chi connectivity index (χ2n) is 4.36. The van der Waals surface area contributed by atoms with Crippen LogP contribution >= 0.6 is 0 Å². The van der Waals surface area contributed by atoms with Crippen LogP contribution in [0.25, 0.3) is 0 Å². The third kappa shape index (κ3) is 3.59. The van der Waals surface area contributed by atoms with Crippen LogP contribution in [0.15, 0.2) is 42.5 Å². The lowest BCUT2D eigenvalue weighted by atomic mass is 10.1. The first-order valence-corrected chi connectivity index (χ1v) is 6.36. The normalized spacial score (nSPS) is 9.75. The Hall–Kier alpha value is -2.31. The zero-order valence-electron chi connectivity index (χ0n) is 11.3. The van der Waals surface area contributed by atoms with Gasteiger partial charge in [-0.25, -0.2) is 4.39 Å². The van der Waals surface area contributed by atoms with E-state index in [0.717, 1.165) is 16.7 Å². The van der Waals surface area contributed by atoms with E-state index in [-0.39, 0.29) is 5.82 Å². The van der Waals surface area contributed by atoms with Crippen LogP contribution in [0.2, 0.25) is 0 Å². The summed E-state index contributed by atoms with van der Waals surface area (Å²) in [5.41, 5.74) is 8.00. The molecule has 0 radical (unpaired) electrons. The van der Waals surface area contributed by atoms with Gasteiger partial charge in [0.1, 0.15) is 18.2 Å². The molecule has 0 aliphatic heterocycles. The lowest BCUT2D eigenvalue weighted by molar-refractivity contribution is 0.304. The maximum absolute atomic E-state index is 13.0. The quantitative estimate of drug-likeness (QED) is 0.869. The highest BCUT2D eigenvalue weighted by atomic mass is 19.1. The van der Waals surface area contributed by atoms with Crippen molar-refractivity contribution in [2.24, 2.45) is 5.73 Å². The summed E-state index contributed by atoms with van der Waals surface area (Å²) < 4.78 is 18.8. The Morgan fingerprint density at radius 2 is 2.00 bits per heavy atom. The minimum absolute atomic E-state index is 0.236. The van der Waals surface area contributed by atoms with Crippen molar-refractivity contribution < 1.29 is 9.13 Å². The third-order valence-corrected chi connectivity index (χ3v) is 2.90. The highest BCUT2D eigenvalue weighted by Crippen LogP contribution is 2.19. The summed E-state index contributed by atoms with van der Waals surface area (Å²) >= 11 is 0. The van der Waals surface area contributed by atoms with Gasteiger partial charge >= 0.3 is 0 Å². The molecule has 2 nitrogen and oxygen atoms in total. The average Bonchev–Trinajstić information content (AvgIpc) is 2.45. The Morgan fingerprint density at radius 3 is 2.75 bits per heavy atom. The minimum Gasteiger partial charge on any atom is -0.488 e. The molecule has 2 aromatic rings. The number of benzene rings is 2. The van der Waals surface area contributed by atoms with E-state index in [1.807, 2.05) is 31.2 Å². The molecule has 0 saturated carbocycles. The standard InChI is InChI=1S/C17H16FNO/c1-13-11-16(18)9-8-15(13)12-20-17-7-3-2-5-14(17)6-4-10-19/h2-3,5,7-9,11H,10,12,19H2,1H3. The number of aryl methyl sites for hydroxylation is 1. The van der Waals surface area contributed by atoms with Crippen molar-refractivity contribution in [1.82, 2.24) is 0 Å². The smallest absolute Gasteiger partial charge is 0.135 e. The largest absolute Gasteiger partial charge is 0.488 e. The molecule has 0 spiro atoms. The number of hydrogen-bond acceptors (Lipinski definition) is 2. The molecular formula is C17H16FNO. The Balaban J connectivity index is 2.14. The molecule has 2 rings (SSSR count). The Labute approximate surface area is 118 Å². The monoisotopic (exact) mass is 269 g/mol. The van der Waals surface area contributed by atoms with Gasteiger partial charge in [-0.2, -0.15) is 0 Å². The zero-order valence-corrected chi connectivity index (χ0v) is 11.3. The first-order valence-electron chi connectivity index (χ1n) is 6.36. The fraction of sp³-hybridized carbons (Fsp3) is 0.176. The number of rotatable bonds is 3. The van der Waals surface area contributed by atoms with Crippen molar-refractivity contribution in [1.29, 1.82) is 0 Å².